The van der Waals surface area contributed by atoms with E-state index in [1.54, 1.807) is 36.9 Å². The molecule has 3 atom stereocenters. The Morgan fingerprint density at radius 2 is 1.35 bits per heavy atom. The topological polar surface area (TPSA) is 175 Å². The Bertz CT molecular complexity index is 1610. The Balaban J connectivity index is 1.52. The lowest BCUT2D eigenvalue weighted by Gasteiger charge is -2.28. The largest absolute Gasteiger partial charge is 0.497 e. The first-order chi connectivity index (χ1) is 25.2. The molecule has 13 nitrogen and oxygen atoms in total. The van der Waals surface area contributed by atoms with Gasteiger partial charge in [-0.15, -0.1) is 0 Å². The van der Waals surface area contributed by atoms with Gasteiger partial charge in [0.1, 0.15) is 30.2 Å². The molecule has 4 rings (SSSR count). The molecule has 0 unspecified atom stereocenters. The predicted octanol–water partition coefficient (Wildman–Crippen LogP) is 2.31. The fourth-order valence-corrected chi connectivity index (χ4v) is 5.91. The predicted molar refractivity (Wildman–Crippen MR) is 194 cm³/mol. The van der Waals surface area contributed by atoms with Crippen LogP contribution >= 0.6 is 0 Å². The van der Waals surface area contributed by atoms with Crippen LogP contribution in [-0.2, 0) is 43.2 Å². The van der Waals surface area contributed by atoms with Crippen molar-refractivity contribution in [2.45, 2.75) is 63.6 Å². The third-order valence-electron chi connectivity index (χ3n) is 9.01. The van der Waals surface area contributed by atoms with Crippen molar-refractivity contribution in [1.29, 1.82) is 0 Å². The molecule has 52 heavy (non-hydrogen) atoms. The molecule has 1 heterocycles. The molecule has 0 bridgehead atoms. The number of aryl methyl sites for hydroxylation is 3. The van der Waals surface area contributed by atoms with Crippen molar-refractivity contribution in [1.82, 2.24) is 26.3 Å². The van der Waals surface area contributed by atoms with Gasteiger partial charge in [-0.05, 0) is 67.9 Å². The van der Waals surface area contributed by atoms with Crippen LogP contribution in [0, 0.1) is 6.92 Å². The van der Waals surface area contributed by atoms with Gasteiger partial charge >= 0.3 is 0 Å². The summed E-state index contributed by atoms with van der Waals surface area (Å²) < 4.78 is 10.6. The van der Waals surface area contributed by atoms with Crippen LogP contribution in [0.15, 0.2) is 72.8 Å². The number of hydrogen-bond acceptors (Lipinski definition) is 9. The second-order valence-corrected chi connectivity index (χ2v) is 12.9. The quantitative estimate of drug-likeness (QED) is 0.0709. The molecule has 278 valence electrons. The maximum atomic E-state index is 14.0. The summed E-state index contributed by atoms with van der Waals surface area (Å²) in [6, 6.07) is 18.8. The molecule has 5 N–H and O–H groups in total. The van der Waals surface area contributed by atoms with E-state index in [2.05, 4.69) is 16.0 Å². The second kappa shape index (κ2) is 20.7. The van der Waals surface area contributed by atoms with E-state index in [-0.39, 0.29) is 31.7 Å². The van der Waals surface area contributed by atoms with E-state index in [9.17, 15) is 29.2 Å². The van der Waals surface area contributed by atoms with E-state index in [0.717, 1.165) is 28.5 Å². The molecular weight excluding hydrogens is 666 g/mol. The zero-order valence-corrected chi connectivity index (χ0v) is 29.8. The Morgan fingerprint density at radius 1 is 0.769 bits per heavy atom. The van der Waals surface area contributed by atoms with Gasteiger partial charge in [-0.1, -0.05) is 66.2 Å². The molecule has 0 aromatic heterocycles. The Hall–Kier alpha value is -5.11. The first-order valence-electron chi connectivity index (χ1n) is 17.5. The van der Waals surface area contributed by atoms with Crippen molar-refractivity contribution in [2.24, 2.45) is 0 Å². The molecule has 0 saturated carbocycles. The minimum Gasteiger partial charge on any atom is -0.497 e. The van der Waals surface area contributed by atoms with E-state index < -0.39 is 35.8 Å². The number of hydroxylamine groups is 1. The summed E-state index contributed by atoms with van der Waals surface area (Å²) in [6.07, 6.45) is 2.88. The normalized spacial score (nSPS) is 14.7. The zero-order chi connectivity index (χ0) is 37.3. The average Bonchev–Trinajstić information content (AvgIpc) is 3.17. The average molecular weight is 716 g/mol. The number of carbonyl (C=O) groups excluding carboxylic acids is 5. The number of morpholine rings is 1. The highest BCUT2D eigenvalue weighted by Gasteiger charge is 2.30. The first kappa shape index (κ1) is 39.7. The number of carbonyl (C=O) groups is 5. The van der Waals surface area contributed by atoms with Crippen LogP contribution in [-0.4, -0.2) is 98.1 Å². The van der Waals surface area contributed by atoms with Crippen LogP contribution in [0.25, 0.3) is 0 Å². The number of nitrogens with one attached hydrogen (secondary N) is 4. The van der Waals surface area contributed by atoms with Crippen molar-refractivity contribution in [3.8, 4) is 5.75 Å². The molecule has 1 saturated heterocycles. The number of nitrogens with zero attached hydrogens (tertiary/aromatic N) is 1. The molecule has 4 amide bonds. The highest BCUT2D eigenvalue weighted by molar-refractivity contribution is 5.94. The van der Waals surface area contributed by atoms with Gasteiger partial charge in [-0.3, -0.25) is 34.1 Å². The first-order valence-corrected chi connectivity index (χ1v) is 17.5. The number of amides is 4. The van der Waals surface area contributed by atoms with Crippen molar-refractivity contribution in [3.05, 3.63) is 101 Å². The lowest BCUT2D eigenvalue weighted by atomic mass is 10.0. The van der Waals surface area contributed by atoms with E-state index in [4.69, 9.17) is 9.47 Å². The van der Waals surface area contributed by atoms with Gasteiger partial charge in [0.05, 0.1) is 26.9 Å². The highest BCUT2D eigenvalue weighted by atomic mass is 16.5. The molecule has 13 heteroatoms. The zero-order valence-electron chi connectivity index (χ0n) is 29.8. The van der Waals surface area contributed by atoms with Crippen LogP contribution in [0.4, 0.5) is 0 Å². The van der Waals surface area contributed by atoms with Crippen LogP contribution in [0.3, 0.4) is 0 Å². The molecular formula is C39H49N5O8. The van der Waals surface area contributed by atoms with Crippen LogP contribution < -0.4 is 26.2 Å². The van der Waals surface area contributed by atoms with E-state index in [1.165, 1.54) is 0 Å². The fourth-order valence-electron chi connectivity index (χ4n) is 5.91. The molecule has 3 aromatic carbocycles. The Kier molecular flexibility index (Phi) is 15.8. The third kappa shape index (κ3) is 12.9. The molecule has 0 spiro atoms. The van der Waals surface area contributed by atoms with Crippen LogP contribution in [0.5, 0.6) is 5.75 Å². The highest BCUT2D eigenvalue weighted by Crippen LogP contribution is 2.15. The van der Waals surface area contributed by atoms with Gasteiger partial charge in [0.25, 0.3) is 5.91 Å². The van der Waals surface area contributed by atoms with Crippen molar-refractivity contribution < 1.29 is 38.7 Å². The summed E-state index contributed by atoms with van der Waals surface area (Å²) in [5.41, 5.74) is 5.86. The van der Waals surface area contributed by atoms with Gasteiger partial charge in [-0.2, -0.15) is 0 Å². The maximum Gasteiger partial charge on any atom is 0.266 e. The molecule has 1 aliphatic rings. The molecule has 1 fully saturated rings. The number of benzene rings is 3. The summed E-state index contributed by atoms with van der Waals surface area (Å²) in [7, 11) is 1.57. The molecule has 1 aliphatic heterocycles. The SMILES string of the molecule is COc1ccc(CC[C@@H](NC(=O)[C@H](CCCc2ccc(C=O)cc2)NC(=O)CN2CCOCC2)C(=O)N[C@H](Cc2ccc(C)cc2)C(=O)NO)cc1. The maximum absolute atomic E-state index is 14.0. The summed E-state index contributed by atoms with van der Waals surface area (Å²) in [5, 5.41) is 18.0. The lowest BCUT2D eigenvalue weighted by molar-refractivity contribution is -0.136. The van der Waals surface area contributed by atoms with Gasteiger partial charge in [0.2, 0.25) is 17.7 Å². The van der Waals surface area contributed by atoms with Gasteiger partial charge < -0.3 is 25.4 Å². The van der Waals surface area contributed by atoms with Crippen LogP contribution in [0.2, 0.25) is 0 Å². The summed E-state index contributed by atoms with van der Waals surface area (Å²) >= 11 is 0. The number of hydrogen-bond donors (Lipinski definition) is 5. The summed E-state index contributed by atoms with van der Waals surface area (Å²) in [6.45, 7) is 4.26. The Labute approximate surface area is 304 Å². The van der Waals surface area contributed by atoms with E-state index >= 15 is 0 Å². The lowest BCUT2D eigenvalue weighted by Crippen LogP contribution is -2.57. The fraction of sp³-hybridized carbons (Fsp3) is 0.410. The number of methoxy groups -OCH3 is 1. The summed E-state index contributed by atoms with van der Waals surface area (Å²) in [4.78, 5) is 66.8. The van der Waals surface area contributed by atoms with E-state index in [1.807, 2.05) is 60.4 Å². The second-order valence-electron chi connectivity index (χ2n) is 12.9. The van der Waals surface area contributed by atoms with Crippen LogP contribution in [0.1, 0.15) is 51.9 Å². The third-order valence-corrected chi connectivity index (χ3v) is 9.01. The minimum absolute atomic E-state index is 0.0959. The molecule has 3 aromatic rings. The Morgan fingerprint density at radius 3 is 1.96 bits per heavy atom. The van der Waals surface area contributed by atoms with Gasteiger partial charge in [0, 0.05) is 25.1 Å². The number of ether oxygens (including phenoxy) is 2. The minimum atomic E-state index is -1.13. The standard InChI is InChI=1S/C39H49N5O8/c1-27-6-8-30(9-7-27)24-35(39(49)43-50)42-38(48)34(19-16-29-14-17-32(51-2)18-15-29)41-37(47)33(40-36(46)25-44-20-22-52-23-21-44)5-3-4-28-10-12-31(26-45)13-11-28/h6-15,17-18,26,33-35,50H,3-5,16,19-25H2,1-2H3,(H,40,46)(H,41,47)(H,42,48)(H,43,49)/t33-,34+,35+/m0/s1. The molecule has 0 radical (unpaired) electrons. The van der Waals surface area contributed by atoms with Crippen molar-refractivity contribution in [3.63, 3.8) is 0 Å². The summed E-state index contributed by atoms with van der Waals surface area (Å²) in [5.74, 6) is -1.60. The van der Waals surface area contributed by atoms with Gasteiger partial charge in [-0.25, -0.2) is 5.48 Å². The monoisotopic (exact) mass is 715 g/mol. The van der Waals surface area contributed by atoms with Crippen molar-refractivity contribution in [2.75, 3.05) is 40.0 Å². The molecule has 0 aliphatic carbocycles. The van der Waals surface area contributed by atoms with Gasteiger partial charge in [0.15, 0.2) is 0 Å². The number of rotatable bonds is 19. The number of aldehydes is 1. The van der Waals surface area contributed by atoms with E-state index in [0.29, 0.717) is 56.9 Å². The van der Waals surface area contributed by atoms with Crippen molar-refractivity contribution >= 4 is 29.9 Å². The smallest absolute Gasteiger partial charge is 0.266 e.